The fraction of sp³-hybridized carbons (Fsp3) is 0.917. The van der Waals surface area contributed by atoms with Gasteiger partial charge in [0.2, 0.25) is 5.91 Å². The average molecular weight is 292 g/mol. The van der Waals surface area contributed by atoms with Gasteiger partial charge in [-0.05, 0) is 37.5 Å². The molecule has 4 heteroatoms. The van der Waals surface area contributed by atoms with Gasteiger partial charge in [0.25, 0.3) is 0 Å². The van der Waals surface area contributed by atoms with Crippen LogP contribution in [0.5, 0.6) is 0 Å². The number of nitrogens with one attached hydrogen (secondary N) is 1. The third kappa shape index (κ3) is 4.42. The fourth-order valence-electron chi connectivity index (χ4n) is 1.99. The van der Waals surface area contributed by atoms with E-state index in [1.807, 2.05) is 13.8 Å². The molecule has 1 fully saturated rings. The van der Waals surface area contributed by atoms with Crippen molar-refractivity contribution >= 4 is 21.8 Å². The Morgan fingerprint density at radius 3 is 2.44 bits per heavy atom. The first kappa shape index (κ1) is 14.0. The first-order chi connectivity index (χ1) is 7.50. The summed E-state index contributed by atoms with van der Waals surface area (Å²) < 4.78 is 0. The van der Waals surface area contributed by atoms with Gasteiger partial charge in [-0.2, -0.15) is 0 Å². The Balaban J connectivity index is 2.22. The molecule has 3 nitrogen and oxygen atoms in total. The molecule has 0 heterocycles. The number of aliphatic hydroxyl groups excluding tert-OH is 1. The highest BCUT2D eigenvalue weighted by molar-refractivity contribution is 9.10. The van der Waals surface area contributed by atoms with E-state index in [1.54, 1.807) is 0 Å². The van der Waals surface area contributed by atoms with Crippen LogP contribution in [0.15, 0.2) is 0 Å². The summed E-state index contributed by atoms with van der Waals surface area (Å²) in [6, 6.07) is 0. The van der Waals surface area contributed by atoms with Crippen LogP contribution in [0.4, 0.5) is 0 Å². The minimum atomic E-state index is -0.119. The average Bonchev–Trinajstić information content (AvgIpc) is 2.26. The molecule has 1 atom stereocenters. The smallest absolute Gasteiger partial charge is 0.234 e. The van der Waals surface area contributed by atoms with Gasteiger partial charge in [-0.15, -0.1) is 0 Å². The van der Waals surface area contributed by atoms with E-state index in [-0.39, 0.29) is 16.8 Å². The van der Waals surface area contributed by atoms with Crippen LogP contribution in [0.1, 0.15) is 39.5 Å². The third-order valence-corrected chi connectivity index (χ3v) is 4.69. The number of alkyl halides is 1. The standard InChI is InChI=1S/C12H22BrNO2/c1-8(2)11(13)12(16)14-7-9-3-5-10(15)6-4-9/h8-11,15H,3-7H2,1-2H3,(H,14,16). The van der Waals surface area contributed by atoms with Crippen LogP contribution < -0.4 is 5.32 Å². The van der Waals surface area contributed by atoms with E-state index in [0.29, 0.717) is 11.8 Å². The fourth-order valence-corrected chi connectivity index (χ4v) is 2.16. The number of carbonyl (C=O) groups excluding carboxylic acids is 1. The summed E-state index contributed by atoms with van der Waals surface area (Å²) in [7, 11) is 0. The van der Waals surface area contributed by atoms with Gasteiger partial charge in [0.1, 0.15) is 0 Å². The van der Waals surface area contributed by atoms with Gasteiger partial charge in [-0.3, -0.25) is 4.79 Å². The molecule has 94 valence electrons. The van der Waals surface area contributed by atoms with E-state index in [2.05, 4.69) is 21.2 Å². The van der Waals surface area contributed by atoms with Crippen molar-refractivity contribution in [3.63, 3.8) is 0 Å². The van der Waals surface area contributed by atoms with Crippen LogP contribution in [0.3, 0.4) is 0 Å². The Bertz CT molecular complexity index is 225. The molecule has 16 heavy (non-hydrogen) atoms. The third-order valence-electron chi connectivity index (χ3n) is 3.22. The molecule has 0 aromatic rings. The van der Waals surface area contributed by atoms with Gasteiger partial charge < -0.3 is 10.4 Å². The van der Waals surface area contributed by atoms with Crippen molar-refractivity contribution in [3.8, 4) is 0 Å². The first-order valence-corrected chi connectivity index (χ1v) is 7.02. The molecule has 0 aromatic heterocycles. The normalized spacial score (nSPS) is 27.8. The zero-order chi connectivity index (χ0) is 12.1. The lowest BCUT2D eigenvalue weighted by molar-refractivity contribution is -0.121. The number of hydrogen-bond acceptors (Lipinski definition) is 2. The Hall–Kier alpha value is -0.0900. The minimum absolute atomic E-state index is 0.0844. The van der Waals surface area contributed by atoms with Crippen molar-refractivity contribution in [2.24, 2.45) is 11.8 Å². The van der Waals surface area contributed by atoms with Gasteiger partial charge >= 0.3 is 0 Å². The van der Waals surface area contributed by atoms with Crippen molar-refractivity contribution in [2.45, 2.75) is 50.5 Å². The number of hydrogen-bond donors (Lipinski definition) is 2. The van der Waals surface area contributed by atoms with Gasteiger partial charge in [-0.1, -0.05) is 29.8 Å². The van der Waals surface area contributed by atoms with Crippen LogP contribution in [0.2, 0.25) is 0 Å². The summed E-state index contributed by atoms with van der Waals surface area (Å²) in [4.78, 5) is 11.6. The molecule has 1 aliphatic carbocycles. The highest BCUT2D eigenvalue weighted by atomic mass is 79.9. The number of rotatable bonds is 4. The Kier molecular flexibility index (Phi) is 5.76. The lowest BCUT2D eigenvalue weighted by atomic mass is 9.87. The topological polar surface area (TPSA) is 49.3 Å². The SMILES string of the molecule is CC(C)C(Br)C(=O)NCC1CCC(O)CC1. The number of carbonyl (C=O) groups is 1. The number of aliphatic hydroxyl groups is 1. The second-order valence-electron chi connectivity index (χ2n) is 5.07. The molecular formula is C12H22BrNO2. The Morgan fingerprint density at radius 2 is 1.94 bits per heavy atom. The van der Waals surface area contributed by atoms with Gasteiger partial charge in [0, 0.05) is 6.54 Å². The van der Waals surface area contributed by atoms with E-state index in [9.17, 15) is 9.90 Å². The van der Waals surface area contributed by atoms with Crippen LogP contribution >= 0.6 is 15.9 Å². The summed E-state index contributed by atoms with van der Waals surface area (Å²) in [6.07, 6.45) is 3.68. The maximum absolute atomic E-state index is 11.7. The molecule has 0 aliphatic heterocycles. The van der Waals surface area contributed by atoms with E-state index >= 15 is 0 Å². The Morgan fingerprint density at radius 1 is 1.38 bits per heavy atom. The second-order valence-corrected chi connectivity index (χ2v) is 6.05. The summed E-state index contributed by atoms with van der Waals surface area (Å²) in [5.41, 5.74) is 0. The largest absolute Gasteiger partial charge is 0.393 e. The van der Waals surface area contributed by atoms with Crippen molar-refractivity contribution in [1.29, 1.82) is 0 Å². The summed E-state index contributed by atoms with van der Waals surface area (Å²) in [5.74, 6) is 0.938. The highest BCUT2D eigenvalue weighted by Crippen LogP contribution is 2.23. The van der Waals surface area contributed by atoms with Crippen molar-refractivity contribution in [1.82, 2.24) is 5.32 Å². The molecule has 0 radical (unpaired) electrons. The van der Waals surface area contributed by atoms with Crippen LogP contribution in [-0.4, -0.2) is 28.5 Å². The van der Waals surface area contributed by atoms with E-state index in [0.717, 1.165) is 32.2 Å². The summed E-state index contributed by atoms with van der Waals surface area (Å²) in [6.45, 7) is 4.80. The molecule has 1 aliphatic rings. The van der Waals surface area contributed by atoms with E-state index in [4.69, 9.17) is 0 Å². The second kappa shape index (κ2) is 6.60. The molecule has 2 N–H and O–H groups in total. The molecule has 0 saturated heterocycles. The highest BCUT2D eigenvalue weighted by Gasteiger charge is 2.22. The molecule has 1 rings (SSSR count). The summed E-state index contributed by atoms with van der Waals surface area (Å²) >= 11 is 3.39. The first-order valence-electron chi connectivity index (χ1n) is 6.10. The van der Waals surface area contributed by atoms with E-state index < -0.39 is 0 Å². The van der Waals surface area contributed by atoms with Gasteiger partial charge in [0.15, 0.2) is 0 Å². The van der Waals surface area contributed by atoms with Crippen LogP contribution in [-0.2, 0) is 4.79 Å². The molecule has 1 unspecified atom stereocenters. The molecular weight excluding hydrogens is 270 g/mol. The van der Waals surface area contributed by atoms with Crippen LogP contribution in [0.25, 0.3) is 0 Å². The predicted molar refractivity (Wildman–Crippen MR) is 68.5 cm³/mol. The molecule has 0 bridgehead atoms. The maximum Gasteiger partial charge on any atom is 0.234 e. The number of halogens is 1. The minimum Gasteiger partial charge on any atom is -0.393 e. The zero-order valence-electron chi connectivity index (χ0n) is 10.1. The van der Waals surface area contributed by atoms with Gasteiger partial charge in [0.05, 0.1) is 10.9 Å². The molecule has 0 aromatic carbocycles. The van der Waals surface area contributed by atoms with Crippen molar-refractivity contribution < 1.29 is 9.90 Å². The quantitative estimate of drug-likeness (QED) is 0.779. The molecule has 1 amide bonds. The summed E-state index contributed by atoms with van der Waals surface area (Å²) in [5, 5.41) is 12.4. The monoisotopic (exact) mass is 291 g/mol. The molecule has 0 spiro atoms. The Labute approximate surface area is 106 Å². The van der Waals surface area contributed by atoms with Crippen LogP contribution in [0, 0.1) is 11.8 Å². The zero-order valence-corrected chi connectivity index (χ0v) is 11.7. The van der Waals surface area contributed by atoms with Crippen molar-refractivity contribution in [3.05, 3.63) is 0 Å². The molecule has 1 saturated carbocycles. The number of amides is 1. The van der Waals surface area contributed by atoms with Gasteiger partial charge in [-0.25, -0.2) is 0 Å². The lowest BCUT2D eigenvalue weighted by Crippen LogP contribution is -2.38. The predicted octanol–water partition coefficient (Wildman–Crippen LogP) is 2.07. The van der Waals surface area contributed by atoms with Crippen molar-refractivity contribution in [2.75, 3.05) is 6.54 Å². The lowest BCUT2D eigenvalue weighted by Gasteiger charge is -2.26. The van der Waals surface area contributed by atoms with E-state index in [1.165, 1.54) is 0 Å². The maximum atomic E-state index is 11.7.